The molecule has 106 valence electrons. The summed E-state index contributed by atoms with van der Waals surface area (Å²) in [5.74, 6) is -0.236. The van der Waals surface area contributed by atoms with E-state index in [1.807, 2.05) is 42.2 Å². The van der Waals surface area contributed by atoms with Gasteiger partial charge in [-0.05, 0) is 43.3 Å². The van der Waals surface area contributed by atoms with Gasteiger partial charge in [0, 0.05) is 23.8 Å². The lowest BCUT2D eigenvalue weighted by atomic mass is 10.1. The van der Waals surface area contributed by atoms with Crippen molar-refractivity contribution in [1.82, 2.24) is 4.98 Å². The molecular weight excluding hydrogens is 265 g/mol. The Hall–Kier alpha value is -2.62. The molecule has 0 saturated heterocycles. The van der Waals surface area contributed by atoms with Crippen LogP contribution < -0.4 is 10.6 Å². The normalized spacial score (nSPS) is 10.8. The Kier molecular flexibility index (Phi) is 3.44. The van der Waals surface area contributed by atoms with E-state index in [1.54, 1.807) is 18.3 Å². The lowest BCUT2D eigenvalue weighted by molar-refractivity contribution is 0.626. The second-order valence-electron chi connectivity index (χ2n) is 4.80. The summed E-state index contributed by atoms with van der Waals surface area (Å²) in [6, 6.07) is 14.3. The molecular formula is C17H16FN3. The third kappa shape index (κ3) is 2.40. The van der Waals surface area contributed by atoms with Crippen LogP contribution in [0.25, 0.3) is 10.9 Å². The van der Waals surface area contributed by atoms with Gasteiger partial charge in [0.25, 0.3) is 0 Å². The fraction of sp³-hybridized carbons (Fsp3) is 0.118. The SMILES string of the molecule is CCN(c1ccccc1F)c1ccnc2cc(N)ccc12. The van der Waals surface area contributed by atoms with Crippen LogP contribution in [-0.4, -0.2) is 11.5 Å². The van der Waals surface area contributed by atoms with Crippen LogP contribution in [0.5, 0.6) is 0 Å². The minimum atomic E-state index is -0.236. The molecule has 0 unspecified atom stereocenters. The highest BCUT2D eigenvalue weighted by Crippen LogP contribution is 2.33. The number of nitrogens with two attached hydrogens (primary N) is 1. The Balaban J connectivity index is 2.20. The Morgan fingerprint density at radius 2 is 1.90 bits per heavy atom. The van der Waals surface area contributed by atoms with Crippen molar-refractivity contribution in [1.29, 1.82) is 0 Å². The highest BCUT2D eigenvalue weighted by atomic mass is 19.1. The van der Waals surface area contributed by atoms with E-state index >= 15 is 0 Å². The number of hydrogen-bond acceptors (Lipinski definition) is 3. The molecule has 0 aliphatic heterocycles. The summed E-state index contributed by atoms with van der Waals surface area (Å²) >= 11 is 0. The van der Waals surface area contributed by atoms with Gasteiger partial charge >= 0.3 is 0 Å². The van der Waals surface area contributed by atoms with Crippen LogP contribution in [0.2, 0.25) is 0 Å². The van der Waals surface area contributed by atoms with E-state index in [0.29, 0.717) is 17.9 Å². The van der Waals surface area contributed by atoms with Crippen molar-refractivity contribution in [3.05, 3.63) is 60.5 Å². The first-order valence-electron chi connectivity index (χ1n) is 6.87. The second-order valence-corrected chi connectivity index (χ2v) is 4.80. The molecule has 3 nitrogen and oxygen atoms in total. The lowest BCUT2D eigenvalue weighted by Crippen LogP contribution is -2.17. The molecule has 3 rings (SSSR count). The van der Waals surface area contributed by atoms with Crippen molar-refractivity contribution < 1.29 is 4.39 Å². The van der Waals surface area contributed by atoms with E-state index in [-0.39, 0.29) is 5.82 Å². The van der Waals surface area contributed by atoms with Gasteiger partial charge in [-0.1, -0.05) is 12.1 Å². The van der Waals surface area contributed by atoms with Gasteiger partial charge in [0.05, 0.1) is 16.9 Å². The summed E-state index contributed by atoms with van der Waals surface area (Å²) in [5, 5.41) is 0.955. The number of aromatic nitrogens is 1. The van der Waals surface area contributed by atoms with E-state index in [1.165, 1.54) is 6.07 Å². The van der Waals surface area contributed by atoms with Gasteiger partial charge in [-0.25, -0.2) is 4.39 Å². The first-order valence-corrected chi connectivity index (χ1v) is 6.87. The van der Waals surface area contributed by atoms with Crippen molar-refractivity contribution in [3.8, 4) is 0 Å². The van der Waals surface area contributed by atoms with Crippen LogP contribution in [0.4, 0.5) is 21.5 Å². The molecule has 0 aliphatic rings. The standard InChI is InChI=1S/C17H16FN3/c1-2-21(17-6-4-3-5-14(17)18)16-9-10-20-15-11-12(19)7-8-13(15)16/h3-11H,2,19H2,1H3. The quantitative estimate of drug-likeness (QED) is 0.734. The highest BCUT2D eigenvalue weighted by molar-refractivity contribution is 5.95. The lowest BCUT2D eigenvalue weighted by Gasteiger charge is -2.25. The van der Waals surface area contributed by atoms with E-state index in [4.69, 9.17) is 5.73 Å². The number of pyridine rings is 1. The molecule has 0 bridgehead atoms. The number of benzene rings is 2. The van der Waals surface area contributed by atoms with Gasteiger partial charge in [-0.3, -0.25) is 4.98 Å². The summed E-state index contributed by atoms with van der Waals surface area (Å²) in [6.07, 6.45) is 1.72. The molecule has 21 heavy (non-hydrogen) atoms. The Morgan fingerprint density at radius 3 is 2.67 bits per heavy atom. The molecule has 0 saturated carbocycles. The van der Waals surface area contributed by atoms with Gasteiger partial charge in [0.15, 0.2) is 0 Å². The average Bonchev–Trinajstić information content (AvgIpc) is 2.49. The first kappa shape index (κ1) is 13.4. The van der Waals surface area contributed by atoms with E-state index in [2.05, 4.69) is 4.98 Å². The number of hydrogen-bond donors (Lipinski definition) is 1. The maximum Gasteiger partial charge on any atom is 0.146 e. The minimum absolute atomic E-state index is 0.236. The fourth-order valence-corrected chi connectivity index (χ4v) is 2.53. The molecule has 0 aliphatic carbocycles. The number of halogens is 1. The van der Waals surface area contributed by atoms with Gasteiger partial charge < -0.3 is 10.6 Å². The molecule has 2 N–H and O–H groups in total. The molecule has 0 radical (unpaired) electrons. The Morgan fingerprint density at radius 1 is 1.10 bits per heavy atom. The summed E-state index contributed by atoms with van der Waals surface area (Å²) in [7, 11) is 0. The van der Waals surface area contributed by atoms with Crippen molar-refractivity contribution in [3.63, 3.8) is 0 Å². The van der Waals surface area contributed by atoms with Gasteiger partial charge in [0.2, 0.25) is 0 Å². The number of anilines is 3. The smallest absolute Gasteiger partial charge is 0.146 e. The first-order chi connectivity index (χ1) is 10.2. The molecule has 1 aromatic heterocycles. The van der Waals surface area contributed by atoms with Crippen molar-refractivity contribution >= 4 is 28.0 Å². The summed E-state index contributed by atoms with van der Waals surface area (Å²) in [4.78, 5) is 6.28. The van der Waals surface area contributed by atoms with Crippen molar-refractivity contribution in [2.24, 2.45) is 0 Å². The zero-order chi connectivity index (χ0) is 14.8. The molecule has 0 amide bonds. The maximum atomic E-state index is 14.1. The minimum Gasteiger partial charge on any atom is -0.399 e. The van der Waals surface area contributed by atoms with Gasteiger partial charge in [-0.15, -0.1) is 0 Å². The molecule has 4 heteroatoms. The number of para-hydroxylation sites is 1. The third-order valence-electron chi connectivity index (χ3n) is 3.49. The van der Waals surface area contributed by atoms with Crippen molar-refractivity contribution in [2.45, 2.75) is 6.92 Å². The zero-order valence-electron chi connectivity index (χ0n) is 11.8. The molecule has 2 aromatic carbocycles. The fourth-order valence-electron chi connectivity index (χ4n) is 2.53. The van der Waals surface area contributed by atoms with Crippen molar-refractivity contribution in [2.75, 3.05) is 17.2 Å². The molecule has 1 heterocycles. The van der Waals surface area contributed by atoms with E-state index < -0.39 is 0 Å². The monoisotopic (exact) mass is 281 g/mol. The number of rotatable bonds is 3. The van der Waals surface area contributed by atoms with Crippen LogP contribution in [-0.2, 0) is 0 Å². The van der Waals surface area contributed by atoms with Gasteiger partial charge in [0.1, 0.15) is 5.82 Å². The maximum absolute atomic E-state index is 14.1. The third-order valence-corrected chi connectivity index (χ3v) is 3.49. The Labute approximate surface area is 122 Å². The number of fused-ring (bicyclic) bond motifs is 1. The van der Waals surface area contributed by atoms with Crippen LogP contribution in [0.3, 0.4) is 0 Å². The van der Waals surface area contributed by atoms with Crippen LogP contribution >= 0.6 is 0 Å². The zero-order valence-corrected chi connectivity index (χ0v) is 11.8. The van der Waals surface area contributed by atoms with Crippen LogP contribution in [0, 0.1) is 5.82 Å². The van der Waals surface area contributed by atoms with Crippen LogP contribution in [0.15, 0.2) is 54.7 Å². The largest absolute Gasteiger partial charge is 0.399 e. The Bertz CT molecular complexity index is 786. The highest BCUT2D eigenvalue weighted by Gasteiger charge is 2.14. The molecule has 0 spiro atoms. The number of nitrogens with zero attached hydrogens (tertiary/aromatic N) is 2. The molecule has 0 fully saturated rings. The topological polar surface area (TPSA) is 42.2 Å². The summed E-state index contributed by atoms with van der Waals surface area (Å²) in [5.41, 5.74) is 8.76. The van der Waals surface area contributed by atoms with Crippen LogP contribution in [0.1, 0.15) is 6.92 Å². The van der Waals surface area contributed by atoms with Gasteiger partial charge in [-0.2, -0.15) is 0 Å². The van der Waals surface area contributed by atoms with E-state index in [0.717, 1.165) is 16.6 Å². The second kappa shape index (κ2) is 5.40. The predicted molar refractivity (Wildman–Crippen MR) is 85.2 cm³/mol. The summed E-state index contributed by atoms with van der Waals surface area (Å²) in [6.45, 7) is 2.65. The molecule has 0 atom stereocenters. The number of nitrogen functional groups attached to an aromatic ring is 1. The van der Waals surface area contributed by atoms with E-state index in [9.17, 15) is 4.39 Å². The predicted octanol–water partition coefficient (Wildman–Crippen LogP) is 4.11. The summed E-state index contributed by atoms with van der Waals surface area (Å²) < 4.78 is 14.1. The molecule has 3 aromatic rings. The average molecular weight is 281 g/mol.